The Morgan fingerprint density at radius 2 is 1.94 bits per heavy atom. The average molecular weight is 244 g/mol. The molecule has 0 radical (unpaired) electrons. The van der Waals surface area contributed by atoms with Gasteiger partial charge in [-0.3, -0.25) is 4.79 Å². The molecular formula is C15H20N2O. The molecule has 0 saturated heterocycles. The van der Waals surface area contributed by atoms with E-state index in [9.17, 15) is 4.79 Å². The van der Waals surface area contributed by atoms with Crippen LogP contribution in [-0.4, -0.2) is 11.9 Å². The molecule has 3 N–H and O–H groups in total. The van der Waals surface area contributed by atoms with Crippen molar-refractivity contribution in [3.63, 3.8) is 0 Å². The predicted molar refractivity (Wildman–Crippen MR) is 72.7 cm³/mol. The Hall–Kier alpha value is -1.35. The summed E-state index contributed by atoms with van der Waals surface area (Å²) >= 11 is 0. The van der Waals surface area contributed by atoms with Crippen LogP contribution in [0.1, 0.15) is 42.4 Å². The molecule has 1 aromatic rings. The van der Waals surface area contributed by atoms with Crippen molar-refractivity contribution in [2.45, 2.75) is 51.0 Å². The number of carbonyl (C=O) groups is 1. The van der Waals surface area contributed by atoms with Gasteiger partial charge in [0, 0.05) is 11.7 Å². The molecule has 3 heteroatoms. The van der Waals surface area contributed by atoms with Crippen molar-refractivity contribution >= 4 is 11.6 Å². The van der Waals surface area contributed by atoms with Gasteiger partial charge in [0.2, 0.25) is 5.91 Å². The standard InChI is InChI=1S/C15H20N2O/c1-9-3-4-12-13(10(9)2)17-14(18)15(12)7-5-11(16)6-8-15/h3-4,11H,5-8,16H2,1-2H3,(H,17,18). The molecular weight excluding hydrogens is 224 g/mol. The summed E-state index contributed by atoms with van der Waals surface area (Å²) in [6, 6.07) is 4.52. The van der Waals surface area contributed by atoms with Gasteiger partial charge in [-0.2, -0.15) is 0 Å². The number of rotatable bonds is 0. The lowest BCUT2D eigenvalue weighted by atomic mass is 9.69. The van der Waals surface area contributed by atoms with Crippen molar-refractivity contribution in [3.8, 4) is 0 Å². The number of hydrogen-bond donors (Lipinski definition) is 2. The molecule has 1 aromatic carbocycles. The first kappa shape index (κ1) is 11.7. The molecule has 1 saturated carbocycles. The number of hydrogen-bond acceptors (Lipinski definition) is 2. The van der Waals surface area contributed by atoms with E-state index in [1.54, 1.807) is 0 Å². The summed E-state index contributed by atoms with van der Waals surface area (Å²) in [5.74, 6) is 0.179. The van der Waals surface area contributed by atoms with Crippen LogP contribution in [0, 0.1) is 13.8 Å². The maximum Gasteiger partial charge on any atom is 0.235 e. The van der Waals surface area contributed by atoms with Crippen LogP contribution in [0.4, 0.5) is 5.69 Å². The summed E-state index contributed by atoms with van der Waals surface area (Å²) in [7, 11) is 0. The van der Waals surface area contributed by atoms with Crippen LogP contribution in [0.5, 0.6) is 0 Å². The van der Waals surface area contributed by atoms with Crippen molar-refractivity contribution in [3.05, 3.63) is 28.8 Å². The van der Waals surface area contributed by atoms with Crippen molar-refractivity contribution in [2.75, 3.05) is 5.32 Å². The number of nitrogens with two attached hydrogens (primary N) is 1. The molecule has 3 nitrogen and oxygen atoms in total. The maximum atomic E-state index is 12.4. The Kier molecular flexibility index (Phi) is 2.49. The normalized spacial score (nSPS) is 30.4. The molecule has 0 bridgehead atoms. The molecule has 3 rings (SSSR count). The second kappa shape index (κ2) is 3.82. The number of fused-ring (bicyclic) bond motifs is 2. The van der Waals surface area contributed by atoms with Crippen molar-refractivity contribution in [1.82, 2.24) is 0 Å². The third-order valence-electron chi connectivity index (χ3n) is 4.81. The highest BCUT2D eigenvalue weighted by Gasteiger charge is 2.48. The summed E-state index contributed by atoms with van der Waals surface area (Å²) < 4.78 is 0. The fraction of sp³-hybridized carbons (Fsp3) is 0.533. The zero-order chi connectivity index (χ0) is 12.9. The third-order valence-corrected chi connectivity index (χ3v) is 4.81. The highest BCUT2D eigenvalue weighted by atomic mass is 16.2. The predicted octanol–water partition coefficient (Wildman–Crippen LogP) is 2.39. The number of benzene rings is 1. The quantitative estimate of drug-likeness (QED) is 0.736. The van der Waals surface area contributed by atoms with Gasteiger partial charge in [-0.25, -0.2) is 0 Å². The highest BCUT2D eigenvalue weighted by Crippen LogP contribution is 2.48. The second-order valence-corrected chi connectivity index (χ2v) is 5.80. The molecule has 0 aromatic heterocycles. The van der Waals surface area contributed by atoms with Gasteiger partial charge in [-0.1, -0.05) is 12.1 Å². The SMILES string of the molecule is Cc1ccc2c(c1C)NC(=O)C21CCC(N)CC1. The van der Waals surface area contributed by atoms with Gasteiger partial charge in [0.05, 0.1) is 5.41 Å². The van der Waals surface area contributed by atoms with Crippen LogP contribution in [0.25, 0.3) is 0 Å². The van der Waals surface area contributed by atoms with E-state index in [1.165, 1.54) is 16.7 Å². The molecule has 0 unspecified atom stereocenters. The van der Waals surface area contributed by atoms with Crippen LogP contribution < -0.4 is 11.1 Å². The van der Waals surface area contributed by atoms with Gasteiger partial charge < -0.3 is 11.1 Å². The van der Waals surface area contributed by atoms with Crippen LogP contribution in [0.3, 0.4) is 0 Å². The lowest BCUT2D eigenvalue weighted by molar-refractivity contribution is -0.122. The number of amides is 1. The topological polar surface area (TPSA) is 55.1 Å². The fourth-order valence-electron chi connectivity index (χ4n) is 3.36. The molecule has 1 aliphatic heterocycles. The van der Waals surface area contributed by atoms with Crippen LogP contribution >= 0.6 is 0 Å². The van der Waals surface area contributed by atoms with Crippen molar-refractivity contribution < 1.29 is 4.79 Å². The molecule has 96 valence electrons. The van der Waals surface area contributed by atoms with E-state index in [0.717, 1.165) is 31.4 Å². The molecule has 0 atom stereocenters. The Morgan fingerprint density at radius 3 is 2.61 bits per heavy atom. The molecule has 1 fully saturated rings. The lowest BCUT2D eigenvalue weighted by Gasteiger charge is -2.34. The number of carbonyl (C=O) groups excluding carboxylic acids is 1. The van der Waals surface area contributed by atoms with Gasteiger partial charge in [0.1, 0.15) is 0 Å². The third kappa shape index (κ3) is 1.43. The van der Waals surface area contributed by atoms with Crippen LogP contribution in [0.2, 0.25) is 0 Å². The number of nitrogens with one attached hydrogen (secondary N) is 1. The highest BCUT2D eigenvalue weighted by molar-refractivity contribution is 6.07. The molecule has 1 spiro atoms. The van der Waals surface area contributed by atoms with Gasteiger partial charge in [0.25, 0.3) is 0 Å². The minimum Gasteiger partial charge on any atom is -0.328 e. The summed E-state index contributed by atoms with van der Waals surface area (Å²) in [6.45, 7) is 4.17. The van der Waals surface area contributed by atoms with Crippen LogP contribution in [-0.2, 0) is 10.2 Å². The zero-order valence-corrected chi connectivity index (χ0v) is 11.0. The van der Waals surface area contributed by atoms with Gasteiger partial charge in [-0.05, 0) is 56.2 Å². The second-order valence-electron chi connectivity index (χ2n) is 5.80. The summed E-state index contributed by atoms with van der Waals surface area (Å²) in [6.07, 6.45) is 3.66. The molecule has 1 heterocycles. The summed E-state index contributed by atoms with van der Waals surface area (Å²) in [4.78, 5) is 12.4. The first-order valence-electron chi connectivity index (χ1n) is 6.72. The Morgan fingerprint density at radius 1 is 1.28 bits per heavy atom. The number of aryl methyl sites for hydroxylation is 1. The number of anilines is 1. The van der Waals surface area contributed by atoms with E-state index < -0.39 is 0 Å². The maximum absolute atomic E-state index is 12.4. The smallest absolute Gasteiger partial charge is 0.235 e. The van der Waals surface area contributed by atoms with Crippen molar-refractivity contribution in [2.24, 2.45) is 5.73 Å². The largest absolute Gasteiger partial charge is 0.328 e. The molecule has 2 aliphatic rings. The van der Waals surface area contributed by atoms with Crippen molar-refractivity contribution in [1.29, 1.82) is 0 Å². The van der Waals surface area contributed by atoms with E-state index in [1.807, 2.05) is 0 Å². The van der Waals surface area contributed by atoms with E-state index in [2.05, 4.69) is 31.3 Å². The summed E-state index contributed by atoms with van der Waals surface area (Å²) in [5.41, 5.74) is 10.4. The first-order chi connectivity index (χ1) is 8.54. The molecule has 1 aliphatic carbocycles. The summed E-state index contributed by atoms with van der Waals surface area (Å²) in [5, 5.41) is 3.10. The lowest BCUT2D eigenvalue weighted by Crippen LogP contribution is -2.41. The monoisotopic (exact) mass is 244 g/mol. The van der Waals surface area contributed by atoms with Gasteiger partial charge in [-0.15, -0.1) is 0 Å². The minimum atomic E-state index is -0.302. The van der Waals surface area contributed by atoms with Gasteiger partial charge in [0.15, 0.2) is 0 Å². The molecule has 18 heavy (non-hydrogen) atoms. The zero-order valence-electron chi connectivity index (χ0n) is 11.0. The van der Waals surface area contributed by atoms with E-state index in [-0.39, 0.29) is 17.4 Å². The van der Waals surface area contributed by atoms with Crippen LogP contribution in [0.15, 0.2) is 12.1 Å². The van der Waals surface area contributed by atoms with E-state index in [0.29, 0.717) is 0 Å². The Labute approximate surface area is 108 Å². The minimum absolute atomic E-state index is 0.179. The average Bonchev–Trinajstić information content (AvgIpc) is 2.63. The van der Waals surface area contributed by atoms with E-state index in [4.69, 9.17) is 5.73 Å². The molecule has 1 amide bonds. The first-order valence-corrected chi connectivity index (χ1v) is 6.72. The Bertz CT molecular complexity index is 513. The Balaban J connectivity index is 2.10. The van der Waals surface area contributed by atoms with E-state index >= 15 is 0 Å². The fourth-order valence-corrected chi connectivity index (χ4v) is 3.36. The van der Waals surface area contributed by atoms with Gasteiger partial charge >= 0.3 is 0 Å².